The number of benzene rings is 2. The molecule has 2 fully saturated rings. The molecular formula is C40H56Cl2SiZr-2. The fourth-order valence-electron chi connectivity index (χ4n) is 6.82. The van der Waals surface area contributed by atoms with Crippen LogP contribution < -0.4 is 24.8 Å². The van der Waals surface area contributed by atoms with Crippen molar-refractivity contribution in [3.05, 3.63) is 89.0 Å². The van der Waals surface area contributed by atoms with Crippen LogP contribution in [0.3, 0.4) is 0 Å². The Labute approximate surface area is 298 Å². The van der Waals surface area contributed by atoms with Crippen LogP contribution in [0, 0.1) is 6.07 Å². The van der Waals surface area contributed by atoms with Crippen LogP contribution in [0.5, 0.6) is 0 Å². The fourth-order valence-corrected chi connectivity index (χ4v) is 13.8. The molecule has 3 aromatic rings. The molecule has 0 radical (unpaired) electrons. The van der Waals surface area contributed by atoms with Gasteiger partial charge < -0.3 is 24.8 Å². The monoisotopic (exact) mass is 724 g/mol. The molecule has 0 bridgehead atoms. The maximum atomic E-state index is 3.53. The number of halogens is 2. The third kappa shape index (κ3) is 11.6. The molecule has 0 heterocycles. The van der Waals surface area contributed by atoms with Crippen molar-refractivity contribution < 1.29 is 48.1 Å². The van der Waals surface area contributed by atoms with E-state index in [9.17, 15) is 0 Å². The van der Waals surface area contributed by atoms with Crippen molar-refractivity contribution in [1.29, 1.82) is 0 Å². The largest absolute Gasteiger partial charge is 0.214 e. The molecule has 4 heteroatoms. The minimum atomic E-state index is 0. The van der Waals surface area contributed by atoms with Crippen molar-refractivity contribution >= 4 is 5.43 Å². The van der Waals surface area contributed by atoms with Gasteiger partial charge in [-0.2, -0.15) is 47.5 Å². The first-order valence-corrected chi connectivity index (χ1v) is 22.3. The molecule has 0 saturated heterocycles. The summed E-state index contributed by atoms with van der Waals surface area (Å²) < 4.78 is 0. The average Bonchev–Trinajstić information content (AvgIpc) is 3.47. The molecule has 0 N–H and O–H groups in total. The van der Waals surface area contributed by atoms with Crippen molar-refractivity contribution in [2.45, 2.75) is 147 Å². The zero-order valence-corrected chi connectivity index (χ0v) is 33.3. The zero-order chi connectivity index (χ0) is 30.2. The summed E-state index contributed by atoms with van der Waals surface area (Å²) in [4.78, 5) is 0. The van der Waals surface area contributed by atoms with Gasteiger partial charge in [-0.1, -0.05) is 76.3 Å². The molecule has 0 atom stereocenters. The van der Waals surface area contributed by atoms with Crippen LogP contribution in [0.15, 0.2) is 60.7 Å². The molecular weight excluding hydrogens is 671 g/mol. The molecule has 0 unspecified atom stereocenters. The first-order valence-electron chi connectivity index (χ1n) is 17.0. The standard InChI is InChI=1S/C21H25.C14H26Si.C5H5.2ClH.Zr/c1-20(2,3)16-9-7-14-11-15-8-10-17(21(4,5)6)13-19(15)18(14)12-16;1-2-6-10-13(9-5-1)15-14-11-7-3-4-8-12-14;1-2-4-5-3-1;;;/h7,9-10,12-13H,11H2,1-6H3;13-14H,1-12H2;1-5H;2*1H;/q-1;;-1;;;+2/p-2. The normalized spacial score (nSPS) is 17.1. The predicted molar refractivity (Wildman–Crippen MR) is 182 cm³/mol. The molecule has 0 spiro atoms. The molecule has 240 valence electrons. The zero-order valence-electron chi connectivity index (χ0n) is 28.4. The molecule has 0 aliphatic heterocycles. The van der Waals surface area contributed by atoms with Crippen molar-refractivity contribution in [2.24, 2.45) is 0 Å². The summed E-state index contributed by atoms with van der Waals surface area (Å²) in [5, 5.41) is 0. The summed E-state index contributed by atoms with van der Waals surface area (Å²) in [7, 11) is 0. The summed E-state index contributed by atoms with van der Waals surface area (Å²) in [5.74, 6) is 0. The van der Waals surface area contributed by atoms with Crippen molar-refractivity contribution in [2.75, 3.05) is 0 Å². The second-order valence-electron chi connectivity index (χ2n) is 15.1. The SMILES string of the molecule is CC(C)(C)c1c[c-]c2c(c1)-c1cc(C(C)(C)C)ccc1C2.[Cl-].[Cl-].[Zr+2]=[Si](C1CCCCCC1)C1CCCCCC1.c1cc[cH-]c1. The molecule has 6 rings (SSSR count). The van der Waals surface area contributed by atoms with Crippen LogP contribution in [0.2, 0.25) is 11.1 Å². The van der Waals surface area contributed by atoms with Crippen LogP contribution in [0.4, 0.5) is 0 Å². The van der Waals surface area contributed by atoms with Crippen LogP contribution in [0.25, 0.3) is 11.1 Å². The Balaban J connectivity index is 0.000000260. The minimum absolute atomic E-state index is 0. The molecule has 2 saturated carbocycles. The van der Waals surface area contributed by atoms with E-state index in [0.29, 0.717) is 0 Å². The second kappa shape index (κ2) is 18.7. The van der Waals surface area contributed by atoms with Gasteiger partial charge in [0.15, 0.2) is 0 Å². The van der Waals surface area contributed by atoms with Gasteiger partial charge in [-0.05, 0) is 17.4 Å². The second-order valence-corrected chi connectivity index (χ2v) is 21.9. The van der Waals surface area contributed by atoms with Gasteiger partial charge in [0, 0.05) is 0 Å². The van der Waals surface area contributed by atoms with Gasteiger partial charge in [0.2, 0.25) is 0 Å². The number of fused-ring (bicyclic) bond motifs is 3. The van der Waals surface area contributed by atoms with Crippen LogP contribution in [-0.4, -0.2) is 5.43 Å². The van der Waals surface area contributed by atoms with Crippen molar-refractivity contribution in [3.63, 3.8) is 0 Å². The molecule has 0 aromatic heterocycles. The summed E-state index contributed by atoms with van der Waals surface area (Å²) in [6, 6.07) is 25.1. The summed E-state index contributed by atoms with van der Waals surface area (Å²) in [6.07, 6.45) is 19.8. The van der Waals surface area contributed by atoms with E-state index < -0.39 is 0 Å². The summed E-state index contributed by atoms with van der Waals surface area (Å²) in [5.41, 5.74) is 11.2. The first kappa shape index (κ1) is 39.6. The van der Waals surface area contributed by atoms with E-state index in [1.54, 1.807) is 51.4 Å². The Morgan fingerprint density at radius 1 is 0.682 bits per heavy atom. The Morgan fingerprint density at radius 3 is 1.59 bits per heavy atom. The van der Waals surface area contributed by atoms with Gasteiger partial charge in [-0.3, -0.25) is 0 Å². The maximum Gasteiger partial charge on any atom is -0.172 e. The predicted octanol–water partition coefficient (Wildman–Crippen LogP) is 6.04. The molecule has 3 aliphatic carbocycles. The maximum absolute atomic E-state index is 3.53. The molecule has 3 aromatic carbocycles. The Bertz CT molecular complexity index is 1150. The van der Waals surface area contributed by atoms with E-state index >= 15 is 0 Å². The summed E-state index contributed by atoms with van der Waals surface area (Å²) >= 11 is 1.96. The average molecular weight is 727 g/mol. The third-order valence-corrected chi connectivity index (χ3v) is 18.6. The number of hydrogen-bond donors (Lipinski definition) is 0. The van der Waals surface area contributed by atoms with E-state index in [1.165, 1.54) is 70.1 Å². The Kier molecular flexibility index (Phi) is 16.9. The van der Waals surface area contributed by atoms with Gasteiger partial charge >= 0.3 is 117 Å². The molecule has 44 heavy (non-hydrogen) atoms. The fraction of sp³-hybridized carbons (Fsp3) is 0.575. The van der Waals surface area contributed by atoms with Crippen molar-refractivity contribution in [3.8, 4) is 11.1 Å². The van der Waals surface area contributed by atoms with Crippen LogP contribution in [-0.2, 0) is 40.6 Å². The van der Waals surface area contributed by atoms with Gasteiger partial charge in [0.25, 0.3) is 0 Å². The molecule has 3 aliphatic rings. The van der Waals surface area contributed by atoms with Gasteiger partial charge in [-0.25, -0.2) is 12.1 Å². The van der Waals surface area contributed by atoms with E-state index in [0.717, 1.165) is 6.42 Å². The summed E-state index contributed by atoms with van der Waals surface area (Å²) in [6.45, 7) is 13.6. The van der Waals surface area contributed by atoms with Crippen LogP contribution >= 0.6 is 0 Å². The minimum Gasteiger partial charge on any atom is -0.214 e. The number of hydrogen-bond acceptors (Lipinski definition) is 0. The van der Waals surface area contributed by atoms with E-state index in [-0.39, 0.29) is 41.1 Å². The quantitative estimate of drug-likeness (QED) is 0.134. The molecule has 0 nitrogen and oxygen atoms in total. The topological polar surface area (TPSA) is 0 Å². The smallest absolute Gasteiger partial charge is 0.172 e. The first-order chi connectivity index (χ1) is 20.0. The van der Waals surface area contributed by atoms with Crippen molar-refractivity contribution in [1.82, 2.24) is 0 Å². The van der Waals surface area contributed by atoms with Gasteiger partial charge in [0.05, 0.1) is 0 Å². The van der Waals surface area contributed by atoms with E-state index in [2.05, 4.69) is 77.9 Å². The molecule has 0 amide bonds. The van der Waals surface area contributed by atoms with E-state index in [4.69, 9.17) is 0 Å². The third-order valence-electron chi connectivity index (χ3n) is 9.67. The number of rotatable bonds is 2. The Hall–Kier alpha value is -0.530. The van der Waals surface area contributed by atoms with Gasteiger partial charge in [-0.15, -0.1) is 5.56 Å². The van der Waals surface area contributed by atoms with Crippen LogP contribution in [0.1, 0.15) is 141 Å². The Morgan fingerprint density at radius 2 is 1.16 bits per heavy atom. The van der Waals surface area contributed by atoms with Gasteiger partial charge in [0.1, 0.15) is 0 Å². The van der Waals surface area contributed by atoms with E-state index in [1.807, 2.05) is 53.7 Å².